The summed E-state index contributed by atoms with van der Waals surface area (Å²) in [6, 6.07) is 1.75. The number of nitrogens with one attached hydrogen (secondary N) is 1. The van der Waals surface area contributed by atoms with Crippen molar-refractivity contribution in [2.75, 3.05) is 5.73 Å². The van der Waals surface area contributed by atoms with Gasteiger partial charge in [0.2, 0.25) is 0 Å². The molecule has 0 unspecified atom stereocenters. The minimum absolute atomic E-state index is 0.0432. The van der Waals surface area contributed by atoms with Crippen LogP contribution in [0.5, 0.6) is 0 Å². The molecule has 106 valence electrons. The maximum atomic E-state index is 11.9. The van der Waals surface area contributed by atoms with Crippen molar-refractivity contribution in [3.05, 3.63) is 35.9 Å². The van der Waals surface area contributed by atoms with Gasteiger partial charge in [-0.2, -0.15) is 5.10 Å². The fourth-order valence-corrected chi connectivity index (χ4v) is 1.80. The smallest absolute Gasteiger partial charge is 0.272 e. The standard InChI is InChI=1S/C14H19N5O/c1-4-10-6-17-19(8-10)11-5-12(15)13(16-7-11)14(20)18-9(2)3/h5-9H,4,15H2,1-3H3,(H,18,20). The monoisotopic (exact) mass is 273 g/mol. The molecular formula is C14H19N5O. The Bertz CT molecular complexity index is 618. The number of pyridine rings is 1. The number of hydrogen-bond acceptors (Lipinski definition) is 4. The second-order valence-electron chi connectivity index (χ2n) is 4.91. The summed E-state index contributed by atoms with van der Waals surface area (Å²) in [6.45, 7) is 5.84. The van der Waals surface area contributed by atoms with Gasteiger partial charge < -0.3 is 11.1 Å². The molecule has 2 aromatic heterocycles. The normalized spacial score (nSPS) is 10.8. The van der Waals surface area contributed by atoms with Gasteiger partial charge in [-0.1, -0.05) is 6.92 Å². The number of amides is 1. The van der Waals surface area contributed by atoms with Gasteiger partial charge in [0, 0.05) is 12.2 Å². The van der Waals surface area contributed by atoms with Crippen molar-refractivity contribution in [2.24, 2.45) is 0 Å². The number of rotatable bonds is 4. The number of aromatic nitrogens is 3. The molecule has 0 radical (unpaired) electrons. The molecule has 0 saturated heterocycles. The first-order valence-electron chi connectivity index (χ1n) is 6.61. The average Bonchev–Trinajstić information content (AvgIpc) is 2.86. The zero-order chi connectivity index (χ0) is 14.7. The van der Waals surface area contributed by atoms with Crippen LogP contribution in [0, 0.1) is 0 Å². The minimum Gasteiger partial charge on any atom is -0.397 e. The third kappa shape index (κ3) is 2.96. The van der Waals surface area contributed by atoms with Gasteiger partial charge in [0.1, 0.15) is 0 Å². The first kappa shape index (κ1) is 14.0. The molecule has 0 spiro atoms. The minimum atomic E-state index is -0.265. The van der Waals surface area contributed by atoms with Gasteiger partial charge >= 0.3 is 0 Å². The van der Waals surface area contributed by atoms with Gasteiger partial charge in [0.05, 0.1) is 23.8 Å². The van der Waals surface area contributed by atoms with E-state index in [1.165, 1.54) is 0 Å². The number of carbonyl (C=O) groups is 1. The van der Waals surface area contributed by atoms with E-state index in [9.17, 15) is 4.79 Å². The molecule has 1 amide bonds. The first-order chi connectivity index (χ1) is 9.51. The molecule has 0 aliphatic carbocycles. The number of carbonyl (C=O) groups excluding carboxylic acids is 1. The molecule has 0 aromatic carbocycles. The van der Waals surface area contributed by atoms with Gasteiger partial charge in [0.15, 0.2) is 5.69 Å². The van der Waals surface area contributed by atoms with Crippen molar-refractivity contribution in [3.63, 3.8) is 0 Å². The van der Waals surface area contributed by atoms with E-state index < -0.39 is 0 Å². The summed E-state index contributed by atoms with van der Waals surface area (Å²) >= 11 is 0. The Morgan fingerprint density at radius 3 is 2.75 bits per heavy atom. The molecule has 2 heterocycles. The summed E-state index contributed by atoms with van der Waals surface area (Å²) in [5.41, 5.74) is 8.36. The molecule has 0 saturated carbocycles. The maximum absolute atomic E-state index is 11.9. The molecule has 6 heteroatoms. The summed E-state index contributed by atoms with van der Waals surface area (Å²) in [4.78, 5) is 16.0. The van der Waals surface area contributed by atoms with Gasteiger partial charge in [-0.15, -0.1) is 0 Å². The van der Waals surface area contributed by atoms with E-state index in [0.717, 1.165) is 17.7 Å². The highest BCUT2D eigenvalue weighted by Gasteiger charge is 2.13. The van der Waals surface area contributed by atoms with Crippen LogP contribution < -0.4 is 11.1 Å². The zero-order valence-corrected chi connectivity index (χ0v) is 11.9. The summed E-state index contributed by atoms with van der Waals surface area (Å²) in [6.07, 6.45) is 6.23. The SMILES string of the molecule is CCc1cnn(-c2cnc(C(=O)NC(C)C)c(N)c2)c1. The van der Waals surface area contributed by atoms with Crippen molar-refractivity contribution < 1.29 is 4.79 Å². The molecule has 6 nitrogen and oxygen atoms in total. The van der Waals surface area contributed by atoms with Gasteiger partial charge in [-0.3, -0.25) is 4.79 Å². The van der Waals surface area contributed by atoms with Crippen molar-refractivity contribution in [1.82, 2.24) is 20.1 Å². The third-order valence-electron chi connectivity index (χ3n) is 2.85. The van der Waals surface area contributed by atoms with Gasteiger partial charge in [-0.25, -0.2) is 9.67 Å². The van der Waals surface area contributed by atoms with E-state index in [1.807, 2.05) is 20.0 Å². The van der Waals surface area contributed by atoms with Crippen LogP contribution in [0.4, 0.5) is 5.69 Å². The molecular weight excluding hydrogens is 254 g/mol. The Hall–Kier alpha value is -2.37. The molecule has 20 heavy (non-hydrogen) atoms. The van der Waals surface area contributed by atoms with Gasteiger partial charge in [-0.05, 0) is 31.9 Å². The van der Waals surface area contributed by atoms with E-state index in [1.54, 1.807) is 23.1 Å². The molecule has 0 bridgehead atoms. The Labute approximate surface area is 118 Å². The lowest BCUT2D eigenvalue weighted by molar-refractivity contribution is 0.0939. The summed E-state index contributed by atoms with van der Waals surface area (Å²) in [5, 5.41) is 7.01. The Morgan fingerprint density at radius 1 is 1.45 bits per heavy atom. The van der Waals surface area contributed by atoms with E-state index >= 15 is 0 Å². The molecule has 0 fully saturated rings. The van der Waals surface area contributed by atoms with Crippen molar-refractivity contribution in [1.29, 1.82) is 0 Å². The van der Waals surface area contributed by atoms with E-state index in [0.29, 0.717) is 5.69 Å². The third-order valence-corrected chi connectivity index (χ3v) is 2.85. The number of nitrogens with two attached hydrogens (primary N) is 1. The number of nitrogens with zero attached hydrogens (tertiary/aromatic N) is 3. The maximum Gasteiger partial charge on any atom is 0.272 e. The fourth-order valence-electron chi connectivity index (χ4n) is 1.80. The Morgan fingerprint density at radius 2 is 2.20 bits per heavy atom. The molecule has 2 aromatic rings. The first-order valence-corrected chi connectivity index (χ1v) is 6.61. The van der Waals surface area contributed by atoms with Crippen LogP contribution in [-0.2, 0) is 6.42 Å². The van der Waals surface area contributed by atoms with Crippen LogP contribution >= 0.6 is 0 Å². The zero-order valence-electron chi connectivity index (χ0n) is 11.9. The van der Waals surface area contributed by atoms with E-state index in [2.05, 4.69) is 22.3 Å². The summed E-state index contributed by atoms with van der Waals surface area (Å²) < 4.78 is 1.70. The highest BCUT2D eigenvalue weighted by molar-refractivity contribution is 5.97. The van der Waals surface area contributed by atoms with Crippen LogP contribution in [0.25, 0.3) is 5.69 Å². The lowest BCUT2D eigenvalue weighted by Gasteiger charge is -2.10. The highest BCUT2D eigenvalue weighted by atomic mass is 16.1. The van der Waals surface area contributed by atoms with Crippen LogP contribution in [0.15, 0.2) is 24.7 Å². The molecule has 3 N–H and O–H groups in total. The Balaban J connectivity index is 2.27. The topological polar surface area (TPSA) is 85.8 Å². The second-order valence-corrected chi connectivity index (χ2v) is 4.91. The fraction of sp³-hybridized carbons (Fsp3) is 0.357. The van der Waals surface area contributed by atoms with Crippen LogP contribution in [0.3, 0.4) is 0 Å². The Kier molecular flexibility index (Phi) is 4.02. The van der Waals surface area contributed by atoms with Crippen molar-refractivity contribution >= 4 is 11.6 Å². The van der Waals surface area contributed by atoms with E-state index in [-0.39, 0.29) is 17.6 Å². The predicted octanol–water partition coefficient (Wildman–Crippen LogP) is 1.55. The van der Waals surface area contributed by atoms with Crippen molar-refractivity contribution in [3.8, 4) is 5.69 Å². The van der Waals surface area contributed by atoms with Crippen molar-refractivity contribution in [2.45, 2.75) is 33.2 Å². The lowest BCUT2D eigenvalue weighted by atomic mass is 10.2. The predicted molar refractivity (Wildman–Crippen MR) is 77.8 cm³/mol. The lowest BCUT2D eigenvalue weighted by Crippen LogP contribution is -2.31. The molecule has 2 rings (SSSR count). The number of anilines is 1. The number of nitrogen functional groups attached to an aromatic ring is 1. The van der Waals surface area contributed by atoms with Gasteiger partial charge in [0.25, 0.3) is 5.91 Å². The number of aryl methyl sites for hydroxylation is 1. The van der Waals surface area contributed by atoms with Crippen LogP contribution in [-0.4, -0.2) is 26.7 Å². The quantitative estimate of drug-likeness (QED) is 0.885. The summed E-state index contributed by atoms with van der Waals surface area (Å²) in [5.74, 6) is -0.265. The largest absolute Gasteiger partial charge is 0.397 e. The van der Waals surface area contributed by atoms with E-state index in [4.69, 9.17) is 5.73 Å². The molecule has 0 atom stereocenters. The van der Waals surface area contributed by atoms with Crippen LogP contribution in [0.1, 0.15) is 36.8 Å². The summed E-state index contributed by atoms with van der Waals surface area (Å²) in [7, 11) is 0. The second kappa shape index (κ2) is 5.73. The highest BCUT2D eigenvalue weighted by Crippen LogP contribution is 2.15. The number of hydrogen-bond donors (Lipinski definition) is 2. The molecule has 0 aliphatic heterocycles. The average molecular weight is 273 g/mol. The molecule has 0 aliphatic rings. The van der Waals surface area contributed by atoms with Crippen LogP contribution in [0.2, 0.25) is 0 Å².